The van der Waals surface area contributed by atoms with Crippen molar-refractivity contribution in [2.45, 2.75) is 0 Å². The Labute approximate surface area is 137 Å². The maximum absolute atomic E-state index is 12.3. The molecule has 3 aromatic rings. The molecule has 6 nitrogen and oxygen atoms in total. The van der Waals surface area contributed by atoms with Crippen LogP contribution in [-0.2, 0) is 10.0 Å². The second-order valence-electron chi connectivity index (χ2n) is 4.94. The van der Waals surface area contributed by atoms with Crippen molar-refractivity contribution in [3.8, 4) is 0 Å². The first-order chi connectivity index (χ1) is 10.9. The molecular formula is C15H13N3O3S2. The SMILES string of the molecule is CS(=O)(=O)Nc1cccc(NC(=O)c2ccc3ncsc3c2)c1. The van der Waals surface area contributed by atoms with Crippen molar-refractivity contribution < 1.29 is 13.2 Å². The lowest BCUT2D eigenvalue weighted by molar-refractivity contribution is 0.102. The van der Waals surface area contributed by atoms with Gasteiger partial charge in [0.05, 0.1) is 27.7 Å². The zero-order valence-corrected chi connectivity index (χ0v) is 13.7. The van der Waals surface area contributed by atoms with Gasteiger partial charge in [0.1, 0.15) is 0 Å². The van der Waals surface area contributed by atoms with Crippen LogP contribution in [0.3, 0.4) is 0 Å². The van der Waals surface area contributed by atoms with Crippen LogP contribution in [0.15, 0.2) is 48.0 Å². The molecule has 0 saturated heterocycles. The molecule has 23 heavy (non-hydrogen) atoms. The van der Waals surface area contributed by atoms with E-state index in [1.165, 1.54) is 11.3 Å². The van der Waals surface area contributed by atoms with Crippen LogP contribution in [0.4, 0.5) is 11.4 Å². The first-order valence-corrected chi connectivity index (χ1v) is 9.40. The Morgan fingerprint density at radius 3 is 2.70 bits per heavy atom. The first kappa shape index (κ1) is 15.4. The van der Waals surface area contributed by atoms with E-state index in [-0.39, 0.29) is 5.91 Å². The van der Waals surface area contributed by atoms with Crippen molar-refractivity contribution in [3.63, 3.8) is 0 Å². The zero-order valence-electron chi connectivity index (χ0n) is 12.1. The van der Waals surface area contributed by atoms with Gasteiger partial charge >= 0.3 is 0 Å². The third-order valence-electron chi connectivity index (χ3n) is 3.02. The molecule has 0 bridgehead atoms. The highest BCUT2D eigenvalue weighted by Crippen LogP contribution is 2.21. The summed E-state index contributed by atoms with van der Waals surface area (Å²) in [6, 6.07) is 11.8. The Kier molecular flexibility index (Phi) is 4.01. The molecule has 0 unspecified atom stereocenters. The Morgan fingerprint density at radius 1 is 1.13 bits per heavy atom. The lowest BCUT2D eigenvalue weighted by Crippen LogP contribution is -2.13. The summed E-state index contributed by atoms with van der Waals surface area (Å²) in [5.74, 6) is -0.267. The highest BCUT2D eigenvalue weighted by atomic mass is 32.2. The largest absolute Gasteiger partial charge is 0.322 e. The molecule has 2 N–H and O–H groups in total. The molecule has 0 atom stereocenters. The molecule has 1 aromatic heterocycles. The van der Waals surface area contributed by atoms with E-state index in [4.69, 9.17) is 0 Å². The fraction of sp³-hybridized carbons (Fsp3) is 0.0667. The molecule has 118 valence electrons. The van der Waals surface area contributed by atoms with E-state index < -0.39 is 10.0 Å². The van der Waals surface area contributed by atoms with E-state index in [1.807, 2.05) is 0 Å². The van der Waals surface area contributed by atoms with E-state index in [1.54, 1.807) is 48.0 Å². The summed E-state index contributed by atoms with van der Waals surface area (Å²) in [4.78, 5) is 16.5. The van der Waals surface area contributed by atoms with Crippen molar-refractivity contribution in [2.75, 3.05) is 16.3 Å². The average Bonchev–Trinajstić information content (AvgIpc) is 2.93. The predicted octanol–water partition coefficient (Wildman–Crippen LogP) is 2.92. The monoisotopic (exact) mass is 347 g/mol. The first-order valence-electron chi connectivity index (χ1n) is 6.63. The molecule has 0 spiro atoms. The van der Waals surface area contributed by atoms with Crippen molar-refractivity contribution in [1.82, 2.24) is 4.98 Å². The lowest BCUT2D eigenvalue weighted by Gasteiger charge is -2.08. The van der Waals surface area contributed by atoms with E-state index >= 15 is 0 Å². The highest BCUT2D eigenvalue weighted by Gasteiger charge is 2.09. The summed E-state index contributed by atoms with van der Waals surface area (Å²) in [6.45, 7) is 0. The standard InChI is InChI=1S/C15H13N3O3S2/c1-23(20,21)18-12-4-2-3-11(8-12)17-15(19)10-5-6-13-14(7-10)22-9-16-13/h2-9,18H,1H3,(H,17,19). The molecular weight excluding hydrogens is 334 g/mol. The van der Waals surface area contributed by atoms with Crippen molar-refractivity contribution >= 4 is 48.9 Å². The number of hydrogen-bond donors (Lipinski definition) is 2. The summed E-state index contributed by atoms with van der Waals surface area (Å²) >= 11 is 1.47. The smallest absolute Gasteiger partial charge is 0.255 e. The van der Waals surface area contributed by atoms with Gasteiger partial charge in [-0.15, -0.1) is 11.3 Å². The second kappa shape index (κ2) is 5.98. The number of benzene rings is 2. The van der Waals surface area contributed by atoms with Crippen LogP contribution in [0, 0.1) is 0 Å². The van der Waals surface area contributed by atoms with Gasteiger partial charge < -0.3 is 5.32 Å². The van der Waals surface area contributed by atoms with Crippen molar-refractivity contribution in [2.24, 2.45) is 0 Å². The van der Waals surface area contributed by atoms with Crippen molar-refractivity contribution in [1.29, 1.82) is 0 Å². The van der Waals surface area contributed by atoms with E-state index in [2.05, 4.69) is 15.0 Å². The number of carbonyl (C=O) groups excluding carboxylic acids is 1. The fourth-order valence-electron chi connectivity index (χ4n) is 2.07. The molecule has 0 aliphatic heterocycles. The maximum atomic E-state index is 12.3. The van der Waals surface area contributed by atoms with E-state index in [0.717, 1.165) is 16.5 Å². The third-order valence-corrected chi connectivity index (χ3v) is 4.42. The number of aromatic nitrogens is 1. The van der Waals surface area contributed by atoms with Gasteiger partial charge in [0.2, 0.25) is 10.0 Å². The van der Waals surface area contributed by atoms with Crippen LogP contribution in [-0.4, -0.2) is 25.6 Å². The van der Waals surface area contributed by atoms with E-state index in [0.29, 0.717) is 16.9 Å². The summed E-state index contributed by atoms with van der Waals surface area (Å²) in [6.07, 6.45) is 1.07. The number of sulfonamides is 1. The Bertz CT molecular complexity index is 980. The number of thiazole rings is 1. The molecule has 0 fully saturated rings. The highest BCUT2D eigenvalue weighted by molar-refractivity contribution is 7.92. The van der Waals surface area contributed by atoms with Gasteiger partial charge in [-0.05, 0) is 36.4 Å². The van der Waals surface area contributed by atoms with Gasteiger partial charge in [-0.3, -0.25) is 9.52 Å². The molecule has 1 amide bonds. The minimum Gasteiger partial charge on any atom is -0.322 e. The summed E-state index contributed by atoms with van der Waals surface area (Å²) < 4.78 is 25.8. The number of amides is 1. The number of nitrogens with zero attached hydrogens (tertiary/aromatic N) is 1. The van der Waals surface area contributed by atoms with E-state index in [9.17, 15) is 13.2 Å². The molecule has 0 saturated carbocycles. The summed E-state index contributed by atoms with van der Waals surface area (Å²) in [5, 5.41) is 2.75. The van der Waals surface area contributed by atoms with Gasteiger partial charge in [0, 0.05) is 11.3 Å². The van der Waals surface area contributed by atoms with Crippen LogP contribution in [0.2, 0.25) is 0 Å². The Hall–Kier alpha value is -2.45. The lowest BCUT2D eigenvalue weighted by atomic mass is 10.2. The Morgan fingerprint density at radius 2 is 1.91 bits per heavy atom. The number of nitrogens with one attached hydrogen (secondary N) is 2. The van der Waals surface area contributed by atoms with Gasteiger partial charge in [-0.1, -0.05) is 6.07 Å². The van der Waals surface area contributed by atoms with Crippen LogP contribution in [0.1, 0.15) is 10.4 Å². The summed E-state index contributed by atoms with van der Waals surface area (Å²) in [7, 11) is -3.36. The second-order valence-corrected chi connectivity index (χ2v) is 7.58. The minimum absolute atomic E-state index is 0.267. The van der Waals surface area contributed by atoms with Crippen molar-refractivity contribution in [3.05, 3.63) is 53.5 Å². The number of hydrogen-bond acceptors (Lipinski definition) is 5. The van der Waals surface area contributed by atoms with Crippen LogP contribution in [0.25, 0.3) is 10.2 Å². The minimum atomic E-state index is -3.36. The van der Waals surface area contributed by atoms with Gasteiger partial charge in [-0.2, -0.15) is 0 Å². The van der Waals surface area contributed by atoms with Crippen LogP contribution >= 0.6 is 11.3 Å². The molecule has 8 heteroatoms. The van der Waals surface area contributed by atoms with Gasteiger partial charge in [0.25, 0.3) is 5.91 Å². The average molecular weight is 347 g/mol. The predicted molar refractivity (Wildman–Crippen MR) is 92.5 cm³/mol. The summed E-state index contributed by atoms with van der Waals surface area (Å²) in [5.41, 5.74) is 4.00. The number of carbonyl (C=O) groups is 1. The van der Waals surface area contributed by atoms with Crippen LogP contribution < -0.4 is 10.0 Å². The maximum Gasteiger partial charge on any atom is 0.255 e. The van der Waals surface area contributed by atoms with Gasteiger partial charge in [-0.25, -0.2) is 13.4 Å². The molecule has 2 aromatic carbocycles. The third kappa shape index (κ3) is 3.85. The Balaban J connectivity index is 1.80. The molecule has 0 aliphatic rings. The molecule has 1 heterocycles. The number of rotatable bonds is 4. The topological polar surface area (TPSA) is 88.2 Å². The van der Waals surface area contributed by atoms with Gasteiger partial charge in [0.15, 0.2) is 0 Å². The van der Waals surface area contributed by atoms with Crippen LogP contribution in [0.5, 0.6) is 0 Å². The molecule has 0 radical (unpaired) electrons. The fourth-order valence-corrected chi connectivity index (χ4v) is 3.35. The zero-order chi connectivity index (χ0) is 16.4. The number of fused-ring (bicyclic) bond motifs is 1. The quantitative estimate of drug-likeness (QED) is 0.759. The molecule has 0 aliphatic carbocycles. The number of anilines is 2. The normalized spacial score (nSPS) is 11.3. The molecule has 3 rings (SSSR count).